The van der Waals surface area contributed by atoms with Gasteiger partial charge in [0.25, 0.3) is 0 Å². The Balaban J connectivity index is 1.88. The molecule has 0 saturated heterocycles. The van der Waals surface area contributed by atoms with Gasteiger partial charge in [-0.05, 0) is 42.0 Å². The molecule has 0 atom stereocenters. The Morgan fingerprint density at radius 1 is 0.667 bits per heavy atom. The van der Waals surface area contributed by atoms with E-state index in [9.17, 15) is 0 Å². The molecule has 0 aliphatic heterocycles. The van der Waals surface area contributed by atoms with Crippen LogP contribution in [0.2, 0.25) is 0 Å². The Labute approximate surface area is 156 Å². The third kappa shape index (κ3) is 1.88. The van der Waals surface area contributed by atoms with E-state index in [4.69, 9.17) is 4.98 Å². The maximum Gasteiger partial charge on any atom is 0.219 e. The molecule has 0 fully saturated rings. The fourth-order valence-electron chi connectivity index (χ4n) is 4.29. The van der Waals surface area contributed by atoms with Crippen LogP contribution < -0.4 is 0 Å². The number of hydrogen-bond acceptors (Lipinski definition) is 1. The van der Waals surface area contributed by atoms with Gasteiger partial charge in [-0.25, -0.2) is 4.98 Å². The lowest BCUT2D eigenvalue weighted by Crippen LogP contribution is -2.00. The largest absolute Gasteiger partial charge is 0.285 e. The van der Waals surface area contributed by atoms with Gasteiger partial charge in [-0.15, -0.1) is 0 Å². The number of pyridine rings is 1. The lowest BCUT2D eigenvalue weighted by atomic mass is 10.0. The molecule has 6 aromatic rings. The summed E-state index contributed by atoms with van der Waals surface area (Å²) in [4.78, 5) is 4.94. The molecule has 0 N–H and O–H groups in total. The van der Waals surface area contributed by atoms with Gasteiger partial charge in [0.2, 0.25) is 5.95 Å². The minimum atomic E-state index is 0.935. The Kier molecular flexibility index (Phi) is 2.81. The predicted molar refractivity (Wildman–Crippen MR) is 112 cm³/mol. The van der Waals surface area contributed by atoms with E-state index < -0.39 is 0 Å². The smallest absolute Gasteiger partial charge is 0.219 e. The van der Waals surface area contributed by atoms with Crippen molar-refractivity contribution in [1.82, 2.24) is 14.0 Å². The number of nitrogens with zero attached hydrogens (tertiary/aromatic N) is 3. The Morgan fingerprint density at radius 3 is 2.33 bits per heavy atom. The van der Waals surface area contributed by atoms with Crippen LogP contribution in [0.15, 0.2) is 85.1 Å². The molecule has 27 heavy (non-hydrogen) atoms. The Bertz CT molecular complexity index is 1480. The van der Waals surface area contributed by atoms with Crippen molar-refractivity contribution < 1.29 is 0 Å². The first-order valence-electron chi connectivity index (χ1n) is 9.18. The van der Waals surface area contributed by atoms with Crippen molar-refractivity contribution >= 4 is 38.1 Å². The highest BCUT2D eigenvalue weighted by atomic mass is 15.2. The van der Waals surface area contributed by atoms with Crippen LogP contribution in [0.4, 0.5) is 0 Å². The number of rotatable bonds is 1. The molecule has 0 bridgehead atoms. The summed E-state index contributed by atoms with van der Waals surface area (Å²) in [7, 11) is 0. The first-order valence-corrected chi connectivity index (χ1v) is 9.18. The molecule has 3 heteroatoms. The van der Waals surface area contributed by atoms with Gasteiger partial charge < -0.3 is 0 Å². The molecule has 3 heterocycles. The van der Waals surface area contributed by atoms with E-state index in [1.165, 1.54) is 32.6 Å². The zero-order valence-electron chi connectivity index (χ0n) is 14.9. The minimum absolute atomic E-state index is 0.935. The summed E-state index contributed by atoms with van der Waals surface area (Å²) in [5.41, 5.74) is 4.54. The van der Waals surface area contributed by atoms with E-state index in [1.807, 2.05) is 0 Å². The molecular weight excluding hydrogens is 330 g/mol. The van der Waals surface area contributed by atoms with Crippen LogP contribution in [-0.2, 0) is 0 Å². The number of fused-ring (bicyclic) bond motifs is 6. The zero-order valence-corrected chi connectivity index (χ0v) is 14.9. The molecule has 128 valence electrons. The highest BCUT2D eigenvalue weighted by molar-refractivity contribution is 6.21. The van der Waals surface area contributed by atoms with Gasteiger partial charge in [0, 0.05) is 17.0 Å². The lowest BCUT2D eigenvalue weighted by Gasteiger charge is -2.07. The number of aromatic nitrogens is 3. The molecule has 0 radical (unpaired) electrons. The second kappa shape index (κ2) is 5.21. The van der Waals surface area contributed by atoms with Crippen molar-refractivity contribution in [3.05, 3.63) is 90.8 Å². The van der Waals surface area contributed by atoms with Gasteiger partial charge in [-0.1, -0.05) is 54.6 Å². The fraction of sp³-hybridized carbons (Fsp3) is 0.0417. The van der Waals surface area contributed by atoms with Crippen LogP contribution in [0.3, 0.4) is 0 Å². The van der Waals surface area contributed by atoms with E-state index in [2.05, 4.69) is 101 Å². The van der Waals surface area contributed by atoms with E-state index in [-0.39, 0.29) is 0 Å². The van der Waals surface area contributed by atoms with E-state index >= 15 is 0 Å². The highest BCUT2D eigenvalue weighted by Crippen LogP contribution is 2.36. The van der Waals surface area contributed by atoms with Crippen LogP contribution in [-0.4, -0.2) is 14.0 Å². The summed E-state index contributed by atoms with van der Waals surface area (Å²) < 4.78 is 4.47. The van der Waals surface area contributed by atoms with Crippen molar-refractivity contribution in [2.45, 2.75) is 6.92 Å². The fourth-order valence-corrected chi connectivity index (χ4v) is 4.29. The summed E-state index contributed by atoms with van der Waals surface area (Å²) >= 11 is 0. The molecule has 0 aliphatic carbocycles. The highest BCUT2D eigenvalue weighted by Gasteiger charge is 2.18. The predicted octanol–water partition coefficient (Wildman–Crippen LogP) is 5.89. The van der Waals surface area contributed by atoms with Crippen molar-refractivity contribution in [3.8, 4) is 5.95 Å². The summed E-state index contributed by atoms with van der Waals surface area (Å²) in [5, 5.41) is 5.09. The summed E-state index contributed by atoms with van der Waals surface area (Å²) in [6.07, 6.45) is 2.09. The van der Waals surface area contributed by atoms with Gasteiger partial charge in [-0.3, -0.25) is 8.97 Å². The maximum atomic E-state index is 4.94. The normalized spacial score (nSPS) is 11.9. The minimum Gasteiger partial charge on any atom is -0.285 e. The molecule has 0 saturated carbocycles. The molecule has 6 rings (SSSR count). The van der Waals surface area contributed by atoms with Gasteiger partial charge in [0.15, 0.2) is 0 Å². The van der Waals surface area contributed by atoms with Crippen molar-refractivity contribution in [3.63, 3.8) is 0 Å². The average Bonchev–Trinajstić information content (AvgIpc) is 3.23. The molecule has 3 nitrogen and oxygen atoms in total. The van der Waals surface area contributed by atoms with Crippen molar-refractivity contribution in [2.24, 2.45) is 0 Å². The number of benzene rings is 3. The second-order valence-corrected chi connectivity index (χ2v) is 6.99. The molecule has 0 unspecified atom stereocenters. The van der Waals surface area contributed by atoms with Crippen LogP contribution in [0, 0.1) is 6.92 Å². The first-order chi connectivity index (χ1) is 13.3. The van der Waals surface area contributed by atoms with Gasteiger partial charge in [0.1, 0.15) is 0 Å². The molecule has 0 spiro atoms. The monoisotopic (exact) mass is 347 g/mol. The number of hydrogen-bond donors (Lipinski definition) is 0. The number of para-hydroxylation sites is 1. The van der Waals surface area contributed by atoms with Crippen LogP contribution in [0.1, 0.15) is 5.69 Å². The van der Waals surface area contributed by atoms with E-state index in [1.54, 1.807) is 0 Å². The SMILES string of the molecule is Cc1nc(-n2c3ccccc3c3c4ccccc4ccc32)n2ccccc12. The maximum absolute atomic E-state index is 4.94. The van der Waals surface area contributed by atoms with Crippen LogP contribution >= 0.6 is 0 Å². The topological polar surface area (TPSA) is 22.2 Å². The summed E-state index contributed by atoms with van der Waals surface area (Å²) in [6.45, 7) is 2.07. The molecule has 3 aromatic carbocycles. The first kappa shape index (κ1) is 14.6. The zero-order chi connectivity index (χ0) is 18.0. The Hall–Kier alpha value is -3.59. The number of imidazole rings is 1. The molecule has 0 amide bonds. The van der Waals surface area contributed by atoms with Crippen LogP contribution in [0.25, 0.3) is 44.0 Å². The van der Waals surface area contributed by atoms with Gasteiger partial charge in [-0.2, -0.15) is 0 Å². The van der Waals surface area contributed by atoms with E-state index in [0.717, 1.165) is 17.2 Å². The Morgan fingerprint density at radius 2 is 1.41 bits per heavy atom. The van der Waals surface area contributed by atoms with E-state index in [0.29, 0.717) is 0 Å². The summed E-state index contributed by atoms with van der Waals surface area (Å²) in [5.74, 6) is 0.935. The number of aryl methyl sites for hydroxylation is 1. The summed E-state index contributed by atoms with van der Waals surface area (Å²) in [6, 6.07) is 27.9. The quantitative estimate of drug-likeness (QED) is 0.363. The molecule has 0 aliphatic rings. The second-order valence-electron chi connectivity index (χ2n) is 6.99. The standard InChI is InChI=1S/C24H17N3/c1-16-20-11-6-7-15-26(20)24(25-16)27-21-12-5-4-10-19(21)23-18-9-3-2-8-17(18)13-14-22(23)27/h2-15H,1H3. The average molecular weight is 347 g/mol. The van der Waals surface area contributed by atoms with Crippen molar-refractivity contribution in [1.29, 1.82) is 0 Å². The molecule has 3 aromatic heterocycles. The third-order valence-electron chi connectivity index (χ3n) is 5.48. The third-order valence-corrected chi connectivity index (χ3v) is 5.48. The molecular formula is C24H17N3. The van der Waals surface area contributed by atoms with Crippen LogP contribution in [0.5, 0.6) is 0 Å². The van der Waals surface area contributed by atoms with Crippen molar-refractivity contribution in [2.75, 3.05) is 0 Å². The lowest BCUT2D eigenvalue weighted by molar-refractivity contribution is 0.979. The van der Waals surface area contributed by atoms with Gasteiger partial charge in [0.05, 0.1) is 22.2 Å². The van der Waals surface area contributed by atoms with Gasteiger partial charge >= 0.3 is 0 Å².